The van der Waals surface area contributed by atoms with Gasteiger partial charge in [0, 0.05) is 11.8 Å². The van der Waals surface area contributed by atoms with Crippen LogP contribution in [0.2, 0.25) is 0 Å². The Morgan fingerprint density at radius 2 is 2.15 bits per heavy atom. The van der Waals surface area contributed by atoms with Crippen LogP contribution in [0.3, 0.4) is 0 Å². The second kappa shape index (κ2) is 5.36. The van der Waals surface area contributed by atoms with Crippen LogP contribution >= 0.6 is 7.60 Å². The zero-order chi connectivity index (χ0) is 14.9. The number of halogens is 1. The van der Waals surface area contributed by atoms with Crippen LogP contribution in [-0.4, -0.2) is 26.4 Å². The average Bonchev–Trinajstić information content (AvgIpc) is 2.82. The number of benzene rings is 1. The van der Waals surface area contributed by atoms with Gasteiger partial charge in [-0.25, -0.2) is 9.37 Å². The van der Waals surface area contributed by atoms with Crippen molar-refractivity contribution >= 4 is 7.60 Å². The maximum Gasteiger partial charge on any atom is 0.363 e. The first kappa shape index (κ1) is 14.7. The van der Waals surface area contributed by atoms with Crippen LogP contribution in [0.15, 0.2) is 30.7 Å². The molecule has 8 heteroatoms. The molecule has 0 spiro atoms. The van der Waals surface area contributed by atoms with E-state index in [1.165, 1.54) is 25.3 Å². The van der Waals surface area contributed by atoms with E-state index < -0.39 is 13.5 Å². The first-order valence-electron chi connectivity index (χ1n) is 5.71. The summed E-state index contributed by atoms with van der Waals surface area (Å²) in [4.78, 5) is 21.8. The Morgan fingerprint density at radius 1 is 1.45 bits per heavy atom. The lowest BCUT2D eigenvalue weighted by Gasteiger charge is -2.14. The summed E-state index contributed by atoms with van der Waals surface area (Å²) >= 11 is 0. The molecule has 1 aromatic carbocycles. The number of aryl methyl sites for hydroxylation is 1. The monoisotopic (exact) mass is 300 g/mol. The summed E-state index contributed by atoms with van der Waals surface area (Å²) in [6, 6.07) is 4.11. The summed E-state index contributed by atoms with van der Waals surface area (Å²) in [7, 11) is -3.43. The fourth-order valence-electron chi connectivity index (χ4n) is 1.80. The van der Waals surface area contributed by atoms with Gasteiger partial charge < -0.3 is 19.1 Å². The summed E-state index contributed by atoms with van der Waals surface area (Å²) < 4.78 is 31.4. The molecule has 0 saturated heterocycles. The lowest BCUT2D eigenvalue weighted by atomic mass is 10.2. The van der Waals surface area contributed by atoms with Crippen molar-refractivity contribution in [1.82, 2.24) is 9.55 Å². The van der Waals surface area contributed by atoms with Crippen LogP contribution in [0.25, 0.3) is 5.69 Å². The molecule has 0 bridgehead atoms. The largest absolute Gasteiger partial charge is 0.495 e. The third-order valence-electron chi connectivity index (χ3n) is 2.76. The molecule has 0 aliphatic rings. The van der Waals surface area contributed by atoms with E-state index in [0.717, 1.165) is 5.69 Å². The van der Waals surface area contributed by atoms with Crippen molar-refractivity contribution < 1.29 is 23.5 Å². The van der Waals surface area contributed by atoms with E-state index in [2.05, 4.69) is 4.98 Å². The Balaban J connectivity index is 2.46. The molecular weight excluding hydrogens is 286 g/mol. The second-order valence-electron chi connectivity index (χ2n) is 4.28. The zero-order valence-electron chi connectivity index (χ0n) is 10.9. The van der Waals surface area contributed by atoms with Crippen LogP contribution in [0.4, 0.5) is 4.39 Å². The molecule has 6 nitrogen and oxygen atoms in total. The predicted octanol–water partition coefficient (Wildman–Crippen LogP) is 2.34. The molecule has 1 atom stereocenters. The number of nitrogens with zero attached hydrogens (tertiary/aromatic N) is 2. The van der Waals surface area contributed by atoms with Crippen molar-refractivity contribution in [2.45, 2.75) is 12.8 Å². The van der Waals surface area contributed by atoms with E-state index in [9.17, 15) is 8.96 Å². The van der Waals surface area contributed by atoms with Gasteiger partial charge in [0.15, 0.2) is 0 Å². The summed E-state index contributed by atoms with van der Waals surface area (Å²) in [6.07, 6.45) is 3.33. The van der Waals surface area contributed by atoms with Gasteiger partial charge in [0.1, 0.15) is 5.75 Å². The molecule has 108 valence electrons. The van der Waals surface area contributed by atoms with Gasteiger partial charge in [-0.05, 0) is 19.1 Å². The molecule has 0 radical (unpaired) electrons. The highest BCUT2D eigenvalue weighted by molar-refractivity contribution is 7.51. The van der Waals surface area contributed by atoms with Crippen LogP contribution in [0.1, 0.15) is 17.2 Å². The Morgan fingerprint density at radius 3 is 2.65 bits per heavy atom. The zero-order valence-corrected chi connectivity index (χ0v) is 11.8. The lowest BCUT2D eigenvalue weighted by molar-refractivity contribution is 0.302. The van der Waals surface area contributed by atoms with Gasteiger partial charge >= 0.3 is 7.60 Å². The number of rotatable bonds is 4. The average molecular weight is 300 g/mol. The molecule has 0 aliphatic carbocycles. The molecule has 0 aliphatic heterocycles. The number of aromatic nitrogens is 2. The van der Waals surface area contributed by atoms with Gasteiger partial charge in [0.2, 0.25) is 5.91 Å². The smallest absolute Gasteiger partial charge is 0.363 e. The molecule has 1 heterocycles. The minimum atomic E-state index is -4.83. The number of methoxy groups -OCH3 is 1. The fraction of sp³-hybridized carbons (Fsp3) is 0.250. The summed E-state index contributed by atoms with van der Waals surface area (Å²) in [5.41, 5.74) is 1.28. The molecule has 0 amide bonds. The quantitative estimate of drug-likeness (QED) is 0.847. The van der Waals surface area contributed by atoms with Gasteiger partial charge in [-0.1, -0.05) is 6.07 Å². The number of hydrogen-bond acceptors (Lipinski definition) is 3. The van der Waals surface area contributed by atoms with E-state index >= 15 is 0 Å². The Labute approximate surface area is 115 Å². The third-order valence-corrected chi connectivity index (χ3v) is 3.65. The van der Waals surface area contributed by atoms with Crippen molar-refractivity contribution in [3.05, 3.63) is 42.0 Å². The van der Waals surface area contributed by atoms with Gasteiger partial charge in [0.05, 0.1) is 24.8 Å². The van der Waals surface area contributed by atoms with Gasteiger partial charge in [0.25, 0.3) is 0 Å². The molecule has 20 heavy (non-hydrogen) atoms. The Kier molecular flexibility index (Phi) is 3.94. The van der Waals surface area contributed by atoms with E-state index in [-0.39, 0.29) is 5.56 Å². The lowest BCUT2D eigenvalue weighted by Crippen LogP contribution is -1.99. The van der Waals surface area contributed by atoms with Crippen molar-refractivity contribution in [3.63, 3.8) is 0 Å². The highest BCUT2D eigenvalue weighted by atomic mass is 31.2. The number of alkyl halides is 1. The van der Waals surface area contributed by atoms with E-state index in [0.29, 0.717) is 11.4 Å². The van der Waals surface area contributed by atoms with Crippen LogP contribution in [0.5, 0.6) is 5.75 Å². The highest BCUT2D eigenvalue weighted by Crippen LogP contribution is 2.53. The molecule has 0 fully saturated rings. The first-order chi connectivity index (χ1) is 9.32. The molecule has 2 rings (SSSR count). The summed E-state index contributed by atoms with van der Waals surface area (Å²) in [5.74, 6) is -2.06. The SMILES string of the molecule is COc1cc(C(F)P(=O)(O)O)ccc1-n1cnc(C)c1. The van der Waals surface area contributed by atoms with Gasteiger partial charge in [-0.2, -0.15) is 0 Å². The molecular formula is C12H14FN2O4P. The first-order valence-corrected chi connectivity index (χ1v) is 7.39. The normalized spacial score (nSPS) is 13.2. The van der Waals surface area contributed by atoms with Gasteiger partial charge in [-0.3, -0.25) is 4.57 Å². The van der Waals surface area contributed by atoms with Crippen LogP contribution in [-0.2, 0) is 4.57 Å². The number of hydrogen-bond donors (Lipinski definition) is 2. The summed E-state index contributed by atoms with van der Waals surface area (Å²) in [6.45, 7) is 1.82. The van der Waals surface area contributed by atoms with Crippen molar-refractivity contribution in [1.29, 1.82) is 0 Å². The molecule has 1 aromatic heterocycles. The van der Waals surface area contributed by atoms with Crippen LogP contribution < -0.4 is 4.74 Å². The van der Waals surface area contributed by atoms with Crippen molar-refractivity contribution in [2.24, 2.45) is 0 Å². The third kappa shape index (κ3) is 2.90. The van der Waals surface area contributed by atoms with Crippen LogP contribution in [0, 0.1) is 6.92 Å². The van der Waals surface area contributed by atoms with Crippen molar-refractivity contribution in [3.8, 4) is 11.4 Å². The number of imidazole rings is 1. The minimum absolute atomic E-state index is 0.129. The summed E-state index contributed by atoms with van der Waals surface area (Å²) in [5, 5.41) is 0. The maximum absolute atomic E-state index is 13.7. The maximum atomic E-state index is 13.7. The number of ether oxygens (including phenoxy) is 1. The topological polar surface area (TPSA) is 84.6 Å². The Bertz CT molecular complexity index is 667. The molecule has 1 unspecified atom stereocenters. The second-order valence-corrected chi connectivity index (χ2v) is 5.91. The minimum Gasteiger partial charge on any atom is -0.495 e. The molecule has 0 saturated carbocycles. The predicted molar refractivity (Wildman–Crippen MR) is 70.7 cm³/mol. The molecule has 2 N–H and O–H groups in total. The van der Waals surface area contributed by atoms with E-state index in [1.54, 1.807) is 17.1 Å². The van der Waals surface area contributed by atoms with Gasteiger partial charge in [-0.15, -0.1) is 0 Å². The fourth-order valence-corrected chi connectivity index (χ4v) is 2.35. The van der Waals surface area contributed by atoms with E-state index in [4.69, 9.17) is 14.5 Å². The molecule has 2 aromatic rings. The van der Waals surface area contributed by atoms with E-state index in [1.807, 2.05) is 6.92 Å². The standard InChI is InChI=1S/C12H14FN2O4P/c1-8-6-15(7-14-8)10-4-3-9(5-11(10)19-2)12(13)20(16,17)18/h3-7,12H,1-2H3,(H2,16,17,18). The Hall–Kier alpha value is -1.69. The van der Waals surface area contributed by atoms with Crippen molar-refractivity contribution in [2.75, 3.05) is 7.11 Å². The highest BCUT2D eigenvalue weighted by Gasteiger charge is 2.30.